The number of rotatable bonds is 7. The molecule has 120 valence electrons. The predicted molar refractivity (Wildman–Crippen MR) is 87.2 cm³/mol. The molecule has 0 saturated carbocycles. The van der Waals surface area contributed by atoms with Crippen molar-refractivity contribution in [2.75, 3.05) is 33.7 Å². The molecule has 0 radical (unpaired) electrons. The molecule has 1 unspecified atom stereocenters. The molecule has 2 rings (SSSR count). The summed E-state index contributed by atoms with van der Waals surface area (Å²) in [4.78, 5) is 2.37. The predicted octanol–water partition coefficient (Wildman–Crippen LogP) is 1.57. The van der Waals surface area contributed by atoms with Crippen LogP contribution in [0.4, 0.5) is 0 Å². The maximum absolute atomic E-state index is 12.6. The van der Waals surface area contributed by atoms with Gasteiger partial charge in [0.25, 0.3) is 10.0 Å². The van der Waals surface area contributed by atoms with Gasteiger partial charge >= 0.3 is 0 Å². The second-order valence-corrected chi connectivity index (χ2v) is 8.70. The van der Waals surface area contributed by atoms with Gasteiger partial charge in [-0.15, -0.1) is 11.3 Å². The Hall–Kier alpha value is -0.470. The van der Waals surface area contributed by atoms with Gasteiger partial charge in [-0.05, 0) is 50.0 Å². The molecule has 1 aliphatic rings. The molecule has 0 spiro atoms. The summed E-state index contributed by atoms with van der Waals surface area (Å²) in [6, 6.07) is 2.13. The maximum Gasteiger partial charge on any atom is 0.252 e. The van der Waals surface area contributed by atoms with E-state index in [0.717, 1.165) is 31.5 Å². The van der Waals surface area contributed by atoms with Gasteiger partial charge in [0, 0.05) is 26.2 Å². The summed E-state index contributed by atoms with van der Waals surface area (Å²) in [7, 11) is 0.194. The highest BCUT2D eigenvalue weighted by Crippen LogP contribution is 2.25. The minimum absolute atomic E-state index is 0.353. The fourth-order valence-electron chi connectivity index (χ4n) is 2.85. The zero-order valence-electron chi connectivity index (χ0n) is 13.0. The average Bonchev–Trinajstić information content (AvgIpc) is 3.08. The van der Waals surface area contributed by atoms with E-state index in [2.05, 4.69) is 17.1 Å². The fourth-order valence-corrected chi connectivity index (χ4v) is 5.48. The van der Waals surface area contributed by atoms with Crippen LogP contribution in [0.3, 0.4) is 0 Å². The summed E-state index contributed by atoms with van der Waals surface area (Å²) < 4.78 is 27.2. The first-order valence-corrected chi connectivity index (χ1v) is 9.73. The van der Waals surface area contributed by atoms with Gasteiger partial charge in [0.2, 0.25) is 0 Å². The highest BCUT2D eigenvalue weighted by atomic mass is 32.2. The van der Waals surface area contributed by atoms with Gasteiger partial charge in [-0.1, -0.05) is 6.92 Å². The van der Waals surface area contributed by atoms with Gasteiger partial charge < -0.3 is 5.32 Å². The van der Waals surface area contributed by atoms with E-state index in [0.29, 0.717) is 23.3 Å². The molecule has 5 nitrogen and oxygen atoms in total. The summed E-state index contributed by atoms with van der Waals surface area (Å²) in [5.41, 5.74) is 1.02. The van der Waals surface area contributed by atoms with Gasteiger partial charge in [-0.2, -0.15) is 4.31 Å². The van der Waals surface area contributed by atoms with Crippen molar-refractivity contribution in [3.63, 3.8) is 0 Å². The zero-order chi connectivity index (χ0) is 15.5. The van der Waals surface area contributed by atoms with Crippen LogP contribution < -0.4 is 5.32 Å². The highest BCUT2D eigenvalue weighted by Gasteiger charge is 2.29. The van der Waals surface area contributed by atoms with E-state index in [1.807, 2.05) is 12.4 Å². The third kappa shape index (κ3) is 3.84. The average molecular weight is 332 g/mol. The van der Waals surface area contributed by atoms with E-state index in [1.54, 1.807) is 13.1 Å². The van der Waals surface area contributed by atoms with Crippen molar-refractivity contribution >= 4 is 21.4 Å². The molecule has 7 heteroatoms. The van der Waals surface area contributed by atoms with Crippen LogP contribution in [0.1, 0.15) is 25.3 Å². The standard InChI is InChI=1S/C14H25N3O2S2/c1-4-17-7-5-6-13(17)10-16(3)21(18,19)14-8-12(9-15-2)11-20-14/h8,11,13,15H,4-7,9-10H2,1-3H3. The van der Waals surface area contributed by atoms with E-state index in [1.165, 1.54) is 15.6 Å². The van der Waals surface area contributed by atoms with Crippen molar-refractivity contribution in [1.29, 1.82) is 0 Å². The molecule has 0 aromatic carbocycles. The largest absolute Gasteiger partial charge is 0.316 e. The molecule has 1 aliphatic heterocycles. The Bertz CT molecular complexity index is 556. The van der Waals surface area contributed by atoms with Crippen molar-refractivity contribution in [3.05, 3.63) is 17.0 Å². The van der Waals surface area contributed by atoms with Crippen LogP contribution in [0.5, 0.6) is 0 Å². The summed E-state index contributed by atoms with van der Waals surface area (Å²) in [5.74, 6) is 0. The molecule has 21 heavy (non-hydrogen) atoms. The topological polar surface area (TPSA) is 52.7 Å². The molecule has 2 heterocycles. The molecule has 0 bridgehead atoms. The van der Waals surface area contributed by atoms with Crippen LogP contribution in [-0.2, 0) is 16.6 Å². The lowest BCUT2D eigenvalue weighted by Gasteiger charge is -2.27. The van der Waals surface area contributed by atoms with Crippen molar-refractivity contribution in [3.8, 4) is 0 Å². The van der Waals surface area contributed by atoms with Crippen LogP contribution in [0.15, 0.2) is 15.7 Å². The van der Waals surface area contributed by atoms with Crippen LogP contribution in [0, 0.1) is 0 Å². The molecule has 0 amide bonds. The lowest BCUT2D eigenvalue weighted by molar-refractivity contribution is 0.238. The highest BCUT2D eigenvalue weighted by molar-refractivity contribution is 7.91. The fraction of sp³-hybridized carbons (Fsp3) is 0.714. The van der Waals surface area contributed by atoms with E-state index in [4.69, 9.17) is 0 Å². The Labute approximate surface area is 132 Å². The second-order valence-electron chi connectivity index (χ2n) is 5.51. The first kappa shape index (κ1) is 16.9. The smallest absolute Gasteiger partial charge is 0.252 e. The molecule has 1 saturated heterocycles. The first-order chi connectivity index (χ1) is 9.98. The van der Waals surface area contributed by atoms with Gasteiger partial charge in [-0.25, -0.2) is 8.42 Å². The molecule has 1 fully saturated rings. The molecule has 1 N–H and O–H groups in total. The maximum atomic E-state index is 12.6. The zero-order valence-corrected chi connectivity index (χ0v) is 14.6. The Morgan fingerprint density at radius 1 is 1.52 bits per heavy atom. The van der Waals surface area contributed by atoms with Crippen LogP contribution in [0.2, 0.25) is 0 Å². The lowest BCUT2D eigenvalue weighted by atomic mass is 10.2. The number of likely N-dealkylation sites (N-methyl/N-ethyl adjacent to an activating group) is 2. The molecule has 1 aromatic rings. The number of sulfonamides is 1. The molecular formula is C14H25N3O2S2. The SMILES string of the molecule is CCN1CCCC1CN(C)S(=O)(=O)c1cc(CNC)cs1. The first-order valence-electron chi connectivity index (χ1n) is 7.41. The van der Waals surface area contributed by atoms with Crippen molar-refractivity contribution in [1.82, 2.24) is 14.5 Å². The van der Waals surface area contributed by atoms with Crippen molar-refractivity contribution in [2.24, 2.45) is 0 Å². The van der Waals surface area contributed by atoms with Crippen molar-refractivity contribution < 1.29 is 8.42 Å². The van der Waals surface area contributed by atoms with E-state index in [9.17, 15) is 8.42 Å². The van der Waals surface area contributed by atoms with Gasteiger partial charge in [-0.3, -0.25) is 4.90 Å². The second kappa shape index (κ2) is 7.19. The number of hydrogen-bond donors (Lipinski definition) is 1. The van der Waals surface area contributed by atoms with Crippen LogP contribution in [0.25, 0.3) is 0 Å². The Morgan fingerprint density at radius 2 is 2.29 bits per heavy atom. The molecule has 0 aliphatic carbocycles. The normalized spacial score (nSPS) is 20.5. The van der Waals surface area contributed by atoms with Crippen LogP contribution >= 0.6 is 11.3 Å². The molecule has 1 atom stereocenters. The molecule has 1 aromatic heterocycles. The quantitative estimate of drug-likeness (QED) is 0.824. The summed E-state index contributed by atoms with van der Waals surface area (Å²) in [6.07, 6.45) is 2.25. The summed E-state index contributed by atoms with van der Waals surface area (Å²) in [6.45, 7) is 5.48. The van der Waals surface area contributed by atoms with E-state index in [-0.39, 0.29) is 0 Å². The van der Waals surface area contributed by atoms with Gasteiger partial charge in [0.05, 0.1) is 0 Å². The Kier molecular flexibility index (Phi) is 5.79. The van der Waals surface area contributed by atoms with E-state index >= 15 is 0 Å². The van der Waals surface area contributed by atoms with Gasteiger partial charge in [0.15, 0.2) is 0 Å². The molecular weight excluding hydrogens is 306 g/mol. The number of hydrogen-bond acceptors (Lipinski definition) is 5. The minimum atomic E-state index is -3.36. The third-order valence-electron chi connectivity index (χ3n) is 4.05. The number of likely N-dealkylation sites (tertiary alicyclic amines) is 1. The Balaban J connectivity index is 2.07. The number of nitrogens with zero attached hydrogens (tertiary/aromatic N) is 2. The Morgan fingerprint density at radius 3 is 2.95 bits per heavy atom. The third-order valence-corrected chi connectivity index (χ3v) is 7.34. The summed E-state index contributed by atoms with van der Waals surface area (Å²) >= 11 is 1.31. The number of thiophene rings is 1. The number of nitrogens with one attached hydrogen (secondary N) is 1. The minimum Gasteiger partial charge on any atom is -0.316 e. The van der Waals surface area contributed by atoms with E-state index < -0.39 is 10.0 Å². The van der Waals surface area contributed by atoms with Gasteiger partial charge in [0.1, 0.15) is 4.21 Å². The van der Waals surface area contributed by atoms with Crippen LogP contribution in [-0.4, -0.2) is 57.4 Å². The van der Waals surface area contributed by atoms with Crippen molar-refractivity contribution in [2.45, 2.75) is 36.6 Å². The monoisotopic (exact) mass is 331 g/mol. The lowest BCUT2D eigenvalue weighted by Crippen LogP contribution is -2.40. The summed E-state index contributed by atoms with van der Waals surface area (Å²) in [5, 5.41) is 4.95.